The minimum atomic E-state index is -0.845. The summed E-state index contributed by atoms with van der Waals surface area (Å²) in [6.07, 6.45) is 2.20. The quantitative estimate of drug-likeness (QED) is 0.673. The van der Waals surface area contributed by atoms with Crippen molar-refractivity contribution in [1.29, 1.82) is 0 Å². The van der Waals surface area contributed by atoms with Crippen molar-refractivity contribution in [2.24, 2.45) is 0 Å². The number of nitrogens with zero attached hydrogens (tertiary/aromatic N) is 2. The second-order valence-electron chi connectivity index (χ2n) is 4.35. The Morgan fingerprint density at radius 1 is 1.59 bits per heavy atom. The van der Waals surface area contributed by atoms with E-state index in [1.54, 1.807) is 20.2 Å². The van der Waals surface area contributed by atoms with Crippen LogP contribution in [0.3, 0.4) is 0 Å². The van der Waals surface area contributed by atoms with Gasteiger partial charge in [0.05, 0.1) is 5.60 Å². The average Bonchev–Trinajstić information content (AvgIpc) is 2.28. The number of methoxy groups -OCH3 is 1. The van der Waals surface area contributed by atoms with E-state index in [0.29, 0.717) is 25.4 Å². The molecule has 0 saturated carbocycles. The van der Waals surface area contributed by atoms with Crippen LogP contribution in [0.2, 0.25) is 0 Å². The highest BCUT2D eigenvalue weighted by atomic mass is 16.5. The molecule has 0 bridgehead atoms. The zero-order valence-electron chi connectivity index (χ0n) is 10.5. The van der Waals surface area contributed by atoms with E-state index in [0.717, 1.165) is 5.56 Å². The van der Waals surface area contributed by atoms with Crippen molar-refractivity contribution in [2.45, 2.75) is 25.9 Å². The van der Waals surface area contributed by atoms with Crippen molar-refractivity contribution in [3.8, 4) is 0 Å². The SMILES string of the molecule is COCCC(C)(O)CNc1nc(N)ncc1C. The third-order valence-electron chi connectivity index (χ3n) is 2.47. The standard InChI is InChI=1S/C11H20N4O2/c1-8-6-13-10(12)15-9(8)14-7-11(2,16)4-5-17-3/h6,16H,4-5,7H2,1-3H3,(H3,12,13,14,15). The van der Waals surface area contributed by atoms with Gasteiger partial charge in [0.15, 0.2) is 0 Å². The van der Waals surface area contributed by atoms with Gasteiger partial charge < -0.3 is 20.9 Å². The molecule has 0 aliphatic heterocycles. The van der Waals surface area contributed by atoms with Crippen LogP contribution in [-0.4, -0.2) is 40.9 Å². The fourth-order valence-electron chi connectivity index (χ4n) is 1.32. The number of aryl methyl sites for hydroxylation is 1. The molecule has 6 heteroatoms. The Kier molecular flexibility index (Phi) is 4.65. The van der Waals surface area contributed by atoms with Gasteiger partial charge in [-0.05, 0) is 13.8 Å². The highest BCUT2D eigenvalue weighted by Crippen LogP contribution is 2.14. The third-order valence-corrected chi connectivity index (χ3v) is 2.47. The highest BCUT2D eigenvalue weighted by molar-refractivity contribution is 5.45. The summed E-state index contributed by atoms with van der Waals surface area (Å²) < 4.78 is 4.94. The van der Waals surface area contributed by atoms with Crippen LogP contribution in [0.4, 0.5) is 11.8 Å². The number of aliphatic hydroxyl groups is 1. The molecule has 0 aliphatic carbocycles. The van der Waals surface area contributed by atoms with Gasteiger partial charge >= 0.3 is 0 Å². The lowest BCUT2D eigenvalue weighted by molar-refractivity contribution is 0.0357. The van der Waals surface area contributed by atoms with Gasteiger partial charge in [0.1, 0.15) is 5.82 Å². The number of anilines is 2. The van der Waals surface area contributed by atoms with E-state index in [4.69, 9.17) is 10.5 Å². The van der Waals surface area contributed by atoms with Crippen molar-refractivity contribution in [1.82, 2.24) is 9.97 Å². The Morgan fingerprint density at radius 3 is 2.94 bits per heavy atom. The molecule has 1 unspecified atom stereocenters. The number of nitrogen functional groups attached to an aromatic ring is 1. The van der Waals surface area contributed by atoms with Gasteiger partial charge in [-0.3, -0.25) is 0 Å². The van der Waals surface area contributed by atoms with Crippen molar-refractivity contribution in [3.63, 3.8) is 0 Å². The van der Waals surface area contributed by atoms with Crippen LogP contribution in [0, 0.1) is 6.92 Å². The van der Waals surface area contributed by atoms with E-state index in [-0.39, 0.29) is 5.95 Å². The first-order valence-corrected chi connectivity index (χ1v) is 5.49. The van der Waals surface area contributed by atoms with Crippen LogP contribution in [-0.2, 0) is 4.74 Å². The zero-order valence-corrected chi connectivity index (χ0v) is 10.5. The monoisotopic (exact) mass is 240 g/mol. The molecule has 1 atom stereocenters. The maximum Gasteiger partial charge on any atom is 0.221 e. The summed E-state index contributed by atoms with van der Waals surface area (Å²) in [6.45, 7) is 4.53. The molecule has 0 aromatic carbocycles. The Morgan fingerprint density at radius 2 is 2.29 bits per heavy atom. The van der Waals surface area contributed by atoms with Crippen LogP contribution in [0.1, 0.15) is 18.9 Å². The molecule has 1 aromatic heterocycles. The molecule has 96 valence electrons. The molecule has 0 aliphatic rings. The van der Waals surface area contributed by atoms with Crippen LogP contribution in [0.25, 0.3) is 0 Å². The third kappa shape index (κ3) is 4.54. The molecular weight excluding hydrogens is 220 g/mol. The molecule has 0 radical (unpaired) electrons. The van der Waals surface area contributed by atoms with Crippen molar-refractivity contribution in [3.05, 3.63) is 11.8 Å². The summed E-state index contributed by atoms with van der Waals surface area (Å²) in [6, 6.07) is 0. The molecule has 17 heavy (non-hydrogen) atoms. The first kappa shape index (κ1) is 13.7. The van der Waals surface area contributed by atoms with Gasteiger partial charge in [-0.15, -0.1) is 0 Å². The van der Waals surface area contributed by atoms with Crippen LogP contribution < -0.4 is 11.1 Å². The van der Waals surface area contributed by atoms with E-state index in [9.17, 15) is 5.11 Å². The maximum atomic E-state index is 10.0. The summed E-state index contributed by atoms with van der Waals surface area (Å²) in [5.41, 5.74) is 5.55. The molecular formula is C11H20N4O2. The number of hydrogen-bond acceptors (Lipinski definition) is 6. The molecule has 4 N–H and O–H groups in total. The van der Waals surface area contributed by atoms with Crippen LogP contribution in [0.5, 0.6) is 0 Å². The summed E-state index contributed by atoms with van der Waals surface area (Å²) in [5, 5.41) is 13.1. The molecule has 6 nitrogen and oxygen atoms in total. The molecule has 0 spiro atoms. The lowest BCUT2D eigenvalue weighted by Crippen LogP contribution is -2.35. The molecule has 1 aromatic rings. The second kappa shape index (κ2) is 5.79. The molecule has 0 fully saturated rings. The van der Waals surface area contributed by atoms with Gasteiger partial charge in [-0.1, -0.05) is 0 Å². The molecule has 1 heterocycles. The fourth-order valence-corrected chi connectivity index (χ4v) is 1.32. The fraction of sp³-hybridized carbons (Fsp3) is 0.636. The Bertz CT molecular complexity index is 368. The average molecular weight is 240 g/mol. The second-order valence-corrected chi connectivity index (χ2v) is 4.35. The lowest BCUT2D eigenvalue weighted by atomic mass is 10.0. The van der Waals surface area contributed by atoms with Crippen molar-refractivity contribution in [2.75, 3.05) is 31.3 Å². The smallest absolute Gasteiger partial charge is 0.221 e. The Hall–Kier alpha value is -1.40. The molecule has 0 saturated heterocycles. The molecule has 0 amide bonds. The van der Waals surface area contributed by atoms with Gasteiger partial charge in [0, 0.05) is 38.4 Å². The van der Waals surface area contributed by atoms with E-state index in [1.165, 1.54) is 0 Å². The number of nitrogens with two attached hydrogens (primary N) is 1. The van der Waals surface area contributed by atoms with E-state index in [1.807, 2.05) is 6.92 Å². The number of ether oxygens (including phenoxy) is 1. The highest BCUT2D eigenvalue weighted by Gasteiger charge is 2.20. The topological polar surface area (TPSA) is 93.3 Å². The summed E-state index contributed by atoms with van der Waals surface area (Å²) in [5.74, 6) is 0.866. The maximum absolute atomic E-state index is 10.0. The van der Waals surface area contributed by atoms with Gasteiger partial charge in [-0.2, -0.15) is 4.98 Å². The normalized spacial score (nSPS) is 14.4. The van der Waals surface area contributed by atoms with E-state index >= 15 is 0 Å². The largest absolute Gasteiger partial charge is 0.388 e. The Labute approximate surface area is 101 Å². The summed E-state index contributed by atoms with van der Waals surface area (Å²) in [7, 11) is 1.61. The first-order chi connectivity index (χ1) is 7.94. The first-order valence-electron chi connectivity index (χ1n) is 5.49. The number of rotatable bonds is 6. The summed E-state index contributed by atoms with van der Waals surface area (Å²) in [4.78, 5) is 7.95. The minimum Gasteiger partial charge on any atom is -0.388 e. The minimum absolute atomic E-state index is 0.217. The lowest BCUT2D eigenvalue weighted by Gasteiger charge is -2.23. The zero-order chi connectivity index (χ0) is 12.9. The van der Waals surface area contributed by atoms with E-state index in [2.05, 4.69) is 15.3 Å². The van der Waals surface area contributed by atoms with Gasteiger partial charge in [-0.25, -0.2) is 4.98 Å². The van der Waals surface area contributed by atoms with Crippen molar-refractivity contribution >= 4 is 11.8 Å². The predicted octanol–water partition coefficient (Wildman–Crippen LogP) is 0.567. The van der Waals surface area contributed by atoms with Crippen LogP contribution >= 0.6 is 0 Å². The Balaban J connectivity index is 2.57. The van der Waals surface area contributed by atoms with Gasteiger partial charge in [0.25, 0.3) is 0 Å². The summed E-state index contributed by atoms with van der Waals surface area (Å²) >= 11 is 0. The molecule has 1 rings (SSSR count). The number of aromatic nitrogens is 2. The van der Waals surface area contributed by atoms with E-state index < -0.39 is 5.60 Å². The van der Waals surface area contributed by atoms with Gasteiger partial charge in [0.2, 0.25) is 5.95 Å². The van der Waals surface area contributed by atoms with Crippen LogP contribution in [0.15, 0.2) is 6.20 Å². The van der Waals surface area contributed by atoms with Crippen molar-refractivity contribution < 1.29 is 9.84 Å². The predicted molar refractivity (Wildman–Crippen MR) is 66.8 cm³/mol. The number of nitrogens with one attached hydrogen (secondary N) is 1. The number of hydrogen-bond donors (Lipinski definition) is 3.